The molecule has 0 atom stereocenters. The maximum Gasteiger partial charge on any atom is 0.409 e. The fourth-order valence-corrected chi connectivity index (χ4v) is 2.78. The van der Waals surface area contributed by atoms with Crippen LogP contribution in [0.4, 0.5) is 10.5 Å². The third kappa shape index (κ3) is 4.84. The molecule has 7 heteroatoms. The maximum absolute atomic E-state index is 12.1. The van der Waals surface area contributed by atoms with Crippen LogP contribution in [0.15, 0.2) is 24.3 Å². The van der Waals surface area contributed by atoms with E-state index in [-0.39, 0.29) is 12.0 Å². The van der Waals surface area contributed by atoms with E-state index in [9.17, 15) is 9.59 Å². The molecule has 1 aliphatic heterocycles. The van der Waals surface area contributed by atoms with Crippen molar-refractivity contribution < 1.29 is 14.3 Å². The highest BCUT2D eigenvalue weighted by molar-refractivity contribution is 14.1. The van der Waals surface area contributed by atoms with Gasteiger partial charge in [0.2, 0.25) is 5.91 Å². The molecule has 1 aliphatic rings. The van der Waals surface area contributed by atoms with Crippen molar-refractivity contribution in [3.63, 3.8) is 0 Å². The first-order valence-electron chi connectivity index (χ1n) is 7.28. The predicted molar refractivity (Wildman–Crippen MR) is 92.8 cm³/mol. The molecule has 6 nitrogen and oxygen atoms in total. The van der Waals surface area contributed by atoms with E-state index in [0.717, 1.165) is 9.26 Å². The van der Waals surface area contributed by atoms with Crippen LogP contribution in [-0.2, 0) is 9.53 Å². The molecular formula is C15H20IN3O3. The Bertz CT molecular complexity index is 531. The van der Waals surface area contributed by atoms with Gasteiger partial charge in [-0.1, -0.05) is 12.1 Å². The Hall–Kier alpha value is -1.35. The highest BCUT2D eigenvalue weighted by Gasteiger charge is 2.23. The van der Waals surface area contributed by atoms with Crippen molar-refractivity contribution in [2.24, 2.45) is 0 Å². The first kappa shape index (κ1) is 17.0. The average Bonchev–Trinajstić information content (AvgIpc) is 2.50. The van der Waals surface area contributed by atoms with Crippen molar-refractivity contribution >= 4 is 40.3 Å². The number of hydrogen-bond donors (Lipinski definition) is 1. The molecule has 2 amide bonds. The van der Waals surface area contributed by atoms with Gasteiger partial charge in [-0.2, -0.15) is 0 Å². The van der Waals surface area contributed by atoms with Crippen molar-refractivity contribution in [2.45, 2.75) is 6.92 Å². The fraction of sp³-hybridized carbons (Fsp3) is 0.467. The molecule has 0 aliphatic carbocycles. The molecule has 22 heavy (non-hydrogen) atoms. The number of carbonyl (C=O) groups excluding carboxylic acids is 2. The summed E-state index contributed by atoms with van der Waals surface area (Å²) in [5.74, 6) is -0.0336. The normalized spacial score (nSPS) is 15.5. The van der Waals surface area contributed by atoms with Crippen LogP contribution in [0.3, 0.4) is 0 Å². The topological polar surface area (TPSA) is 61.9 Å². The van der Waals surface area contributed by atoms with Gasteiger partial charge in [-0.05, 0) is 41.6 Å². The summed E-state index contributed by atoms with van der Waals surface area (Å²) in [4.78, 5) is 27.4. The van der Waals surface area contributed by atoms with Crippen molar-refractivity contribution in [2.75, 3.05) is 44.6 Å². The lowest BCUT2D eigenvalue weighted by Crippen LogP contribution is -2.50. The number of benzene rings is 1. The van der Waals surface area contributed by atoms with Gasteiger partial charge in [0.05, 0.1) is 18.8 Å². The van der Waals surface area contributed by atoms with Crippen LogP contribution in [0.1, 0.15) is 6.92 Å². The van der Waals surface area contributed by atoms with Crippen molar-refractivity contribution in [3.8, 4) is 0 Å². The molecule has 0 radical (unpaired) electrons. The minimum absolute atomic E-state index is 0.0336. The van der Waals surface area contributed by atoms with Gasteiger partial charge in [-0.3, -0.25) is 9.69 Å². The van der Waals surface area contributed by atoms with Crippen LogP contribution in [-0.4, -0.2) is 61.1 Å². The van der Waals surface area contributed by atoms with E-state index in [2.05, 4.69) is 27.9 Å². The lowest BCUT2D eigenvalue weighted by molar-refractivity contribution is -0.117. The molecule has 0 bridgehead atoms. The Kier molecular flexibility index (Phi) is 6.44. The maximum atomic E-state index is 12.1. The van der Waals surface area contributed by atoms with Gasteiger partial charge in [0.25, 0.3) is 0 Å². The van der Waals surface area contributed by atoms with Crippen LogP contribution in [0.5, 0.6) is 0 Å². The third-order valence-electron chi connectivity index (χ3n) is 3.41. The average molecular weight is 417 g/mol. The molecular weight excluding hydrogens is 397 g/mol. The smallest absolute Gasteiger partial charge is 0.409 e. The summed E-state index contributed by atoms with van der Waals surface area (Å²) in [6.45, 7) is 5.06. The number of amides is 2. The quantitative estimate of drug-likeness (QED) is 0.762. The van der Waals surface area contributed by atoms with Gasteiger partial charge in [-0.25, -0.2) is 4.79 Å². The molecule has 1 aromatic rings. The molecule has 0 unspecified atom stereocenters. The van der Waals surface area contributed by atoms with E-state index in [1.165, 1.54) is 0 Å². The van der Waals surface area contributed by atoms with Crippen molar-refractivity contribution in [1.29, 1.82) is 0 Å². The van der Waals surface area contributed by atoms with Crippen LogP contribution in [0.25, 0.3) is 0 Å². The number of para-hydroxylation sites is 1. The Labute approximate surface area is 143 Å². The number of anilines is 1. The van der Waals surface area contributed by atoms with Gasteiger partial charge in [0, 0.05) is 29.7 Å². The fourth-order valence-electron chi connectivity index (χ4n) is 2.26. The molecule has 1 heterocycles. The van der Waals surface area contributed by atoms with E-state index in [0.29, 0.717) is 39.3 Å². The van der Waals surface area contributed by atoms with Crippen LogP contribution in [0.2, 0.25) is 0 Å². The number of nitrogens with zero attached hydrogens (tertiary/aromatic N) is 2. The van der Waals surface area contributed by atoms with Gasteiger partial charge in [0.1, 0.15) is 0 Å². The Morgan fingerprint density at radius 2 is 1.91 bits per heavy atom. The summed E-state index contributed by atoms with van der Waals surface area (Å²) in [7, 11) is 0. The second-order valence-corrected chi connectivity index (χ2v) is 6.15. The summed E-state index contributed by atoms with van der Waals surface area (Å²) < 4.78 is 5.99. The largest absolute Gasteiger partial charge is 0.450 e. The Balaban J connectivity index is 1.77. The zero-order valence-corrected chi connectivity index (χ0v) is 14.7. The molecule has 1 N–H and O–H groups in total. The first-order valence-corrected chi connectivity index (χ1v) is 8.36. The minimum atomic E-state index is -0.273. The zero-order valence-electron chi connectivity index (χ0n) is 12.5. The summed E-state index contributed by atoms with van der Waals surface area (Å²) in [5, 5.41) is 2.92. The lowest BCUT2D eigenvalue weighted by atomic mass is 10.3. The number of halogens is 1. The van der Waals surface area contributed by atoms with Crippen LogP contribution in [0, 0.1) is 3.57 Å². The van der Waals surface area contributed by atoms with E-state index in [1.54, 1.807) is 11.8 Å². The standard InChI is InChI=1S/C15H20IN3O3/c1-2-22-15(21)19-9-7-18(8-10-19)11-14(20)17-13-6-4-3-5-12(13)16/h3-6H,2,7-11H2,1H3,(H,17,20). The zero-order chi connectivity index (χ0) is 15.9. The number of ether oxygens (including phenoxy) is 1. The van der Waals surface area contributed by atoms with E-state index in [4.69, 9.17) is 4.74 Å². The van der Waals surface area contributed by atoms with Crippen LogP contribution >= 0.6 is 22.6 Å². The molecule has 0 saturated carbocycles. The van der Waals surface area contributed by atoms with E-state index in [1.807, 2.05) is 29.2 Å². The number of carbonyl (C=O) groups is 2. The van der Waals surface area contributed by atoms with Crippen LogP contribution < -0.4 is 5.32 Å². The Morgan fingerprint density at radius 3 is 2.55 bits per heavy atom. The van der Waals surface area contributed by atoms with E-state index < -0.39 is 0 Å². The monoisotopic (exact) mass is 417 g/mol. The lowest BCUT2D eigenvalue weighted by Gasteiger charge is -2.33. The first-order chi connectivity index (χ1) is 10.6. The third-order valence-corrected chi connectivity index (χ3v) is 4.35. The number of nitrogens with one attached hydrogen (secondary N) is 1. The number of hydrogen-bond acceptors (Lipinski definition) is 4. The molecule has 1 fully saturated rings. The molecule has 0 spiro atoms. The summed E-state index contributed by atoms with van der Waals surface area (Å²) in [5.41, 5.74) is 0.832. The van der Waals surface area contributed by atoms with Crippen molar-refractivity contribution in [3.05, 3.63) is 27.8 Å². The molecule has 1 saturated heterocycles. The molecule has 0 aromatic heterocycles. The summed E-state index contributed by atoms with van der Waals surface area (Å²) in [6, 6.07) is 7.68. The van der Waals surface area contributed by atoms with Gasteiger partial charge >= 0.3 is 6.09 Å². The predicted octanol–water partition coefficient (Wildman–Crippen LogP) is 2.00. The minimum Gasteiger partial charge on any atom is -0.450 e. The van der Waals surface area contributed by atoms with Gasteiger partial charge in [0.15, 0.2) is 0 Å². The van der Waals surface area contributed by atoms with Gasteiger partial charge in [-0.15, -0.1) is 0 Å². The molecule has 1 aromatic carbocycles. The summed E-state index contributed by atoms with van der Waals surface area (Å²) >= 11 is 2.20. The number of piperazine rings is 1. The molecule has 2 rings (SSSR count). The second-order valence-electron chi connectivity index (χ2n) is 4.99. The highest BCUT2D eigenvalue weighted by Crippen LogP contribution is 2.16. The second kappa shape index (κ2) is 8.33. The SMILES string of the molecule is CCOC(=O)N1CCN(CC(=O)Nc2ccccc2I)CC1. The number of rotatable bonds is 4. The Morgan fingerprint density at radius 1 is 1.23 bits per heavy atom. The summed E-state index contributed by atoms with van der Waals surface area (Å²) in [6.07, 6.45) is -0.273. The highest BCUT2D eigenvalue weighted by atomic mass is 127. The van der Waals surface area contributed by atoms with E-state index >= 15 is 0 Å². The molecule has 120 valence electrons. The van der Waals surface area contributed by atoms with Crippen molar-refractivity contribution in [1.82, 2.24) is 9.80 Å². The van der Waals surface area contributed by atoms with Gasteiger partial charge < -0.3 is 15.0 Å².